The van der Waals surface area contributed by atoms with Crippen LogP contribution < -0.4 is 4.18 Å². The molecular formula is C16H20F2O4S. The summed E-state index contributed by atoms with van der Waals surface area (Å²) in [6.07, 6.45) is -1.66. The van der Waals surface area contributed by atoms with Crippen molar-refractivity contribution >= 4 is 16.4 Å². The summed E-state index contributed by atoms with van der Waals surface area (Å²) < 4.78 is 54.3. The molecule has 0 bridgehead atoms. The van der Waals surface area contributed by atoms with Crippen LogP contribution in [0.2, 0.25) is 0 Å². The first-order valence-electron chi connectivity index (χ1n) is 7.10. The van der Waals surface area contributed by atoms with E-state index in [4.69, 9.17) is 4.18 Å². The van der Waals surface area contributed by atoms with Gasteiger partial charge in [0.25, 0.3) is 6.08 Å². The second-order valence-electron chi connectivity index (χ2n) is 5.81. The van der Waals surface area contributed by atoms with E-state index in [-0.39, 0.29) is 17.6 Å². The van der Waals surface area contributed by atoms with Crippen molar-refractivity contribution in [2.24, 2.45) is 0 Å². The van der Waals surface area contributed by atoms with Gasteiger partial charge in [-0.25, -0.2) is 0 Å². The fourth-order valence-corrected chi connectivity index (χ4v) is 2.71. The third kappa shape index (κ3) is 4.37. The van der Waals surface area contributed by atoms with Crippen molar-refractivity contribution in [3.63, 3.8) is 0 Å². The smallest absolute Gasteiger partial charge is 0.340 e. The Kier molecular flexibility index (Phi) is 6.04. The van der Waals surface area contributed by atoms with E-state index in [1.165, 1.54) is 12.1 Å². The molecule has 0 heterocycles. The normalized spacial score (nSPS) is 11.7. The zero-order valence-corrected chi connectivity index (χ0v) is 14.5. The van der Waals surface area contributed by atoms with E-state index in [2.05, 4.69) is 0 Å². The number of hydrogen-bond donors (Lipinski definition) is 0. The molecule has 0 radical (unpaired) electrons. The summed E-state index contributed by atoms with van der Waals surface area (Å²) in [6, 6.07) is 3.03. The number of aldehydes is 1. The molecule has 0 unspecified atom stereocenters. The van der Waals surface area contributed by atoms with Crippen LogP contribution in [0.1, 0.15) is 67.9 Å². The van der Waals surface area contributed by atoms with E-state index in [1.807, 2.05) is 0 Å². The van der Waals surface area contributed by atoms with Crippen LogP contribution in [0.3, 0.4) is 0 Å². The molecule has 7 heteroatoms. The number of carbonyl (C=O) groups excluding carboxylic acids is 1. The summed E-state index contributed by atoms with van der Waals surface area (Å²) in [5.41, 5.74) is 1.34. The van der Waals surface area contributed by atoms with Gasteiger partial charge in [-0.05, 0) is 42.0 Å². The maximum atomic E-state index is 12.6. The fraction of sp³-hybridized carbons (Fsp3) is 0.438. The van der Waals surface area contributed by atoms with Crippen LogP contribution in [0.25, 0.3) is 0 Å². The summed E-state index contributed by atoms with van der Waals surface area (Å²) in [5, 5.41) is 0. The summed E-state index contributed by atoms with van der Waals surface area (Å²) in [5.74, 6) is -0.296. The molecule has 0 spiro atoms. The first kappa shape index (κ1) is 19.3. The lowest BCUT2D eigenvalue weighted by Crippen LogP contribution is -2.15. The second kappa shape index (κ2) is 7.21. The number of hydrogen-bond acceptors (Lipinski definition) is 4. The van der Waals surface area contributed by atoms with Crippen molar-refractivity contribution in [3.05, 3.63) is 39.8 Å². The first-order chi connectivity index (χ1) is 10.5. The second-order valence-corrected chi connectivity index (χ2v) is 7.50. The van der Waals surface area contributed by atoms with Crippen molar-refractivity contribution in [3.8, 4) is 5.75 Å². The largest absolute Gasteiger partial charge is 0.378 e. The van der Waals surface area contributed by atoms with Gasteiger partial charge in [-0.15, -0.1) is 0 Å². The monoisotopic (exact) mass is 346 g/mol. The van der Waals surface area contributed by atoms with Crippen molar-refractivity contribution < 1.29 is 26.2 Å². The van der Waals surface area contributed by atoms with Gasteiger partial charge in [0.15, 0.2) is 0 Å². The van der Waals surface area contributed by atoms with Crippen LogP contribution in [-0.4, -0.2) is 14.7 Å². The van der Waals surface area contributed by atoms with Gasteiger partial charge in [-0.2, -0.15) is 17.2 Å². The van der Waals surface area contributed by atoms with Gasteiger partial charge >= 0.3 is 10.1 Å². The topological polar surface area (TPSA) is 60.4 Å². The summed E-state index contributed by atoms with van der Waals surface area (Å²) in [4.78, 5) is 9.96. The van der Waals surface area contributed by atoms with Gasteiger partial charge in [-0.1, -0.05) is 27.7 Å². The highest BCUT2D eigenvalue weighted by atomic mass is 32.2. The van der Waals surface area contributed by atoms with Crippen molar-refractivity contribution in [1.29, 1.82) is 0 Å². The lowest BCUT2D eigenvalue weighted by Gasteiger charge is -2.20. The number of benzene rings is 1. The Morgan fingerprint density at radius 3 is 1.83 bits per heavy atom. The van der Waals surface area contributed by atoms with E-state index in [0.717, 1.165) is 6.92 Å². The zero-order valence-electron chi connectivity index (χ0n) is 13.7. The molecule has 1 aromatic rings. The van der Waals surface area contributed by atoms with Crippen molar-refractivity contribution in [2.75, 3.05) is 0 Å². The Bertz CT molecular complexity index is 701. The Morgan fingerprint density at radius 2 is 1.52 bits per heavy atom. The molecule has 23 heavy (non-hydrogen) atoms. The predicted molar refractivity (Wildman–Crippen MR) is 84.5 cm³/mol. The van der Waals surface area contributed by atoms with E-state index in [1.54, 1.807) is 27.7 Å². The predicted octanol–water partition coefficient (Wildman–Crippen LogP) is 4.58. The Hall–Kier alpha value is -1.76. The highest BCUT2D eigenvalue weighted by Gasteiger charge is 2.26. The number of halogens is 2. The lowest BCUT2D eigenvalue weighted by atomic mass is 9.92. The molecule has 0 fully saturated rings. The lowest BCUT2D eigenvalue weighted by molar-refractivity contribution is 0.112. The molecule has 0 atom stereocenters. The van der Waals surface area contributed by atoms with Gasteiger partial charge in [0.1, 0.15) is 16.9 Å². The number of allylic oxidation sites excluding steroid dienone is 1. The minimum atomic E-state index is -4.60. The van der Waals surface area contributed by atoms with E-state index in [9.17, 15) is 22.0 Å². The van der Waals surface area contributed by atoms with Gasteiger partial charge in [0.05, 0.1) is 0 Å². The molecule has 0 aliphatic heterocycles. The Labute approximate surface area is 135 Å². The first-order valence-corrected chi connectivity index (χ1v) is 8.51. The SMILES string of the molecule is CC(=C(F)F)S(=O)(=O)Oc1c(C(C)C)cc(C=O)cc1C(C)C. The van der Waals surface area contributed by atoms with Gasteiger partial charge in [-0.3, -0.25) is 4.79 Å². The fourth-order valence-electron chi connectivity index (χ4n) is 1.99. The van der Waals surface area contributed by atoms with E-state index < -0.39 is 21.1 Å². The maximum Gasteiger partial charge on any atom is 0.340 e. The van der Waals surface area contributed by atoms with Gasteiger partial charge in [0.2, 0.25) is 0 Å². The average Bonchev–Trinajstić information content (AvgIpc) is 2.45. The standard InChI is InChI=1S/C16H20F2O4S/c1-9(2)13-6-12(8-19)7-14(10(3)4)15(13)22-23(20,21)11(5)16(17)18/h6-10H,1-5H3. The minimum absolute atomic E-state index is 0.0150. The van der Waals surface area contributed by atoms with Crippen LogP contribution in [0.5, 0.6) is 5.75 Å². The van der Waals surface area contributed by atoms with E-state index in [0.29, 0.717) is 23.0 Å². The maximum absolute atomic E-state index is 12.6. The van der Waals surface area contributed by atoms with Gasteiger partial charge < -0.3 is 4.18 Å². The average molecular weight is 346 g/mol. The summed E-state index contributed by atoms with van der Waals surface area (Å²) >= 11 is 0. The van der Waals surface area contributed by atoms with Crippen molar-refractivity contribution in [1.82, 2.24) is 0 Å². The molecule has 0 aromatic heterocycles. The third-order valence-electron chi connectivity index (χ3n) is 3.38. The third-order valence-corrected chi connectivity index (χ3v) is 4.67. The minimum Gasteiger partial charge on any atom is -0.378 e. The van der Waals surface area contributed by atoms with Crippen molar-refractivity contribution in [2.45, 2.75) is 46.5 Å². The zero-order chi connectivity index (χ0) is 17.9. The molecule has 1 aromatic carbocycles. The molecule has 0 saturated carbocycles. The molecule has 4 nitrogen and oxygen atoms in total. The Morgan fingerprint density at radius 1 is 1.09 bits per heavy atom. The Balaban J connectivity index is 3.62. The highest BCUT2D eigenvalue weighted by molar-refractivity contribution is 7.91. The summed E-state index contributed by atoms with van der Waals surface area (Å²) in [6.45, 7) is 7.98. The molecule has 0 amide bonds. The number of carbonyl (C=O) groups is 1. The summed E-state index contributed by atoms with van der Waals surface area (Å²) in [7, 11) is -4.60. The van der Waals surface area contributed by atoms with E-state index >= 15 is 0 Å². The van der Waals surface area contributed by atoms with Crippen LogP contribution in [0.4, 0.5) is 8.78 Å². The molecular weight excluding hydrogens is 326 g/mol. The van der Waals surface area contributed by atoms with Crippen LogP contribution in [-0.2, 0) is 10.1 Å². The molecule has 0 saturated heterocycles. The van der Waals surface area contributed by atoms with Crippen LogP contribution in [0.15, 0.2) is 23.1 Å². The number of rotatable bonds is 6. The molecule has 0 aliphatic rings. The molecule has 0 aliphatic carbocycles. The van der Waals surface area contributed by atoms with Crippen LogP contribution >= 0.6 is 0 Å². The molecule has 0 N–H and O–H groups in total. The van der Waals surface area contributed by atoms with Crippen LogP contribution in [0, 0.1) is 0 Å². The van der Waals surface area contributed by atoms with Gasteiger partial charge in [0, 0.05) is 5.56 Å². The molecule has 128 valence electrons. The quantitative estimate of drug-likeness (QED) is 0.559. The highest BCUT2D eigenvalue weighted by Crippen LogP contribution is 2.37. The molecule has 1 rings (SSSR count).